The van der Waals surface area contributed by atoms with Crippen LogP contribution in [-0.2, 0) is 4.79 Å². The van der Waals surface area contributed by atoms with Gasteiger partial charge >= 0.3 is 6.30 Å². The zero-order chi connectivity index (χ0) is 8.48. The number of hydrogen-bond donors (Lipinski definition) is 1. The third kappa shape index (κ3) is 1.41. The van der Waals surface area contributed by atoms with Gasteiger partial charge in [-0.1, -0.05) is 0 Å². The highest BCUT2D eigenvalue weighted by Crippen LogP contribution is 2.23. The summed E-state index contributed by atoms with van der Waals surface area (Å²) in [5.41, 5.74) is 0. The fourth-order valence-corrected chi connectivity index (χ4v) is 0.634. The van der Waals surface area contributed by atoms with E-state index in [1.807, 2.05) is 0 Å². The van der Waals surface area contributed by atoms with Gasteiger partial charge in [-0.05, 0) is 0 Å². The van der Waals surface area contributed by atoms with Gasteiger partial charge in [0.15, 0.2) is 12.5 Å². The third-order valence-electron chi connectivity index (χ3n) is 1.08. The number of carbonyl (C=O) groups is 1. The zero-order valence-corrected chi connectivity index (χ0v) is 5.17. The predicted octanol–water partition coefficient (Wildman–Crippen LogP) is -0.120. The molecule has 7 heteroatoms. The van der Waals surface area contributed by atoms with Crippen molar-refractivity contribution in [2.45, 2.75) is 12.5 Å². The van der Waals surface area contributed by atoms with Gasteiger partial charge in [-0.25, -0.2) is 0 Å². The lowest BCUT2D eigenvalue weighted by Gasteiger charge is -2.20. The molecule has 1 N–H and O–H groups in total. The molecule has 0 saturated heterocycles. The second kappa shape index (κ2) is 2.40. The maximum atomic E-state index is 11.8. The number of alkyl halides is 3. The van der Waals surface area contributed by atoms with Gasteiger partial charge in [-0.2, -0.15) is 10.1 Å². The topological polar surface area (TPSA) is 44.7 Å². The second-order valence-corrected chi connectivity index (χ2v) is 1.80. The van der Waals surface area contributed by atoms with E-state index in [0.717, 1.165) is 6.34 Å². The highest BCUT2D eigenvalue weighted by atomic mass is 19.4. The van der Waals surface area contributed by atoms with E-state index in [9.17, 15) is 18.0 Å². The number of rotatable bonds is 1. The fourth-order valence-electron chi connectivity index (χ4n) is 0.634. The van der Waals surface area contributed by atoms with Crippen molar-refractivity contribution < 1.29 is 18.0 Å². The molecular formula is C4H4F3N3O. The number of nitrogens with one attached hydrogen (secondary N) is 1. The second-order valence-electron chi connectivity index (χ2n) is 1.80. The van der Waals surface area contributed by atoms with Crippen LogP contribution in [0.5, 0.6) is 0 Å². The molecule has 1 aliphatic rings. The third-order valence-corrected chi connectivity index (χ3v) is 1.08. The molecule has 0 bridgehead atoms. The molecular weight excluding hydrogens is 163 g/mol. The first kappa shape index (κ1) is 7.83. The zero-order valence-electron chi connectivity index (χ0n) is 5.17. The predicted molar refractivity (Wildman–Crippen MR) is 29.4 cm³/mol. The molecule has 0 aliphatic carbocycles. The van der Waals surface area contributed by atoms with Crippen LogP contribution in [0.1, 0.15) is 0 Å². The van der Waals surface area contributed by atoms with E-state index in [2.05, 4.69) is 10.4 Å². The molecule has 0 radical (unpaired) electrons. The van der Waals surface area contributed by atoms with Gasteiger partial charge in [0.1, 0.15) is 6.34 Å². The summed E-state index contributed by atoms with van der Waals surface area (Å²) in [7, 11) is 0. The van der Waals surface area contributed by atoms with Gasteiger partial charge < -0.3 is 5.32 Å². The van der Waals surface area contributed by atoms with Crippen LogP contribution in [0.4, 0.5) is 13.2 Å². The molecule has 0 spiro atoms. The molecule has 1 rings (SSSR count). The summed E-state index contributed by atoms with van der Waals surface area (Å²) in [6.45, 7) is 0. The number of hydrazone groups is 1. The summed E-state index contributed by atoms with van der Waals surface area (Å²) in [5.74, 6) is 0. The average molecular weight is 167 g/mol. The smallest absolute Gasteiger partial charge is 0.347 e. The quantitative estimate of drug-likeness (QED) is 0.437. The van der Waals surface area contributed by atoms with Crippen molar-refractivity contribution in [2.24, 2.45) is 5.10 Å². The molecule has 1 heterocycles. The van der Waals surface area contributed by atoms with Gasteiger partial charge in [0.25, 0.3) is 0 Å². The Hall–Kier alpha value is -1.27. The molecule has 0 aromatic carbocycles. The van der Waals surface area contributed by atoms with E-state index in [1.165, 1.54) is 0 Å². The standard InChI is InChI=1S/C4H4F3N3O/c5-4(6,7)10-3(1-11)8-2-9-10/h1-3H,(H,8,9). The number of halogens is 3. The minimum Gasteiger partial charge on any atom is -0.347 e. The molecule has 0 aromatic rings. The molecule has 4 nitrogen and oxygen atoms in total. The molecule has 62 valence electrons. The highest BCUT2D eigenvalue weighted by Gasteiger charge is 2.43. The van der Waals surface area contributed by atoms with E-state index in [1.54, 1.807) is 0 Å². The Bertz CT molecular complexity index is 190. The van der Waals surface area contributed by atoms with Crippen molar-refractivity contribution >= 4 is 12.6 Å². The molecule has 0 fully saturated rings. The van der Waals surface area contributed by atoms with Gasteiger partial charge in [0.2, 0.25) is 0 Å². The summed E-state index contributed by atoms with van der Waals surface area (Å²) in [4.78, 5) is 9.98. The lowest BCUT2D eigenvalue weighted by Crippen LogP contribution is -2.45. The average Bonchev–Trinajstić information content (AvgIpc) is 2.31. The van der Waals surface area contributed by atoms with E-state index in [-0.39, 0.29) is 11.3 Å². The fraction of sp³-hybridized carbons (Fsp3) is 0.500. The van der Waals surface area contributed by atoms with E-state index in [0.29, 0.717) is 0 Å². The van der Waals surface area contributed by atoms with Gasteiger partial charge in [-0.15, -0.1) is 13.2 Å². The molecule has 0 amide bonds. The first-order valence-corrected chi connectivity index (χ1v) is 2.65. The monoisotopic (exact) mass is 167 g/mol. The lowest BCUT2D eigenvalue weighted by molar-refractivity contribution is -0.253. The minimum absolute atomic E-state index is 0.125. The Kier molecular flexibility index (Phi) is 1.71. The van der Waals surface area contributed by atoms with Crippen LogP contribution in [0.2, 0.25) is 0 Å². The molecule has 1 aliphatic heterocycles. The minimum atomic E-state index is -4.61. The normalized spacial score (nSPS) is 23.5. The lowest BCUT2D eigenvalue weighted by atomic mass is 10.5. The summed E-state index contributed by atoms with van der Waals surface area (Å²) >= 11 is 0. The van der Waals surface area contributed by atoms with Crippen molar-refractivity contribution in [3.63, 3.8) is 0 Å². The number of nitrogens with zero attached hydrogens (tertiary/aromatic N) is 2. The molecule has 1 unspecified atom stereocenters. The van der Waals surface area contributed by atoms with E-state index < -0.39 is 12.5 Å². The maximum Gasteiger partial charge on any atom is 0.502 e. The Morgan fingerprint density at radius 1 is 1.64 bits per heavy atom. The summed E-state index contributed by atoms with van der Waals surface area (Å²) in [5, 5.41) is 4.75. The largest absolute Gasteiger partial charge is 0.502 e. The highest BCUT2D eigenvalue weighted by molar-refractivity contribution is 5.68. The number of hydrogen-bond acceptors (Lipinski definition) is 4. The number of aldehydes is 1. The Morgan fingerprint density at radius 3 is 2.64 bits per heavy atom. The van der Waals surface area contributed by atoms with Crippen LogP contribution in [0.15, 0.2) is 5.10 Å². The van der Waals surface area contributed by atoms with Crippen LogP contribution < -0.4 is 5.32 Å². The molecule has 1 atom stereocenters. The van der Waals surface area contributed by atoms with Gasteiger partial charge in [0.05, 0.1) is 0 Å². The van der Waals surface area contributed by atoms with Crippen molar-refractivity contribution in [1.29, 1.82) is 0 Å². The SMILES string of the molecule is O=CC1NC=NN1C(F)(F)F. The Balaban J connectivity index is 2.71. The van der Waals surface area contributed by atoms with Crippen molar-refractivity contribution in [3.05, 3.63) is 0 Å². The Morgan fingerprint density at radius 2 is 2.27 bits per heavy atom. The van der Waals surface area contributed by atoms with Gasteiger partial charge in [0, 0.05) is 0 Å². The summed E-state index contributed by atoms with van der Waals surface area (Å²) < 4.78 is 35.4. The van der Waals surface area contributed by atoms with E-state index in [4.69, 9.17) is 0 Å². The van der Waals surface area contributed by atoms with Crippen LogP contribution in [0.3, 0.4) is 0 Å². The van der Waals surface area contributed by atoms with Crippen molar-refractivity contribution in [2.75, 3.05) is 0 Å². The Labute approximate surface area is 59.7 Å². The van der Waals surface area contributed by atoms with Crippen LogP contribution in [0.25, 0.3) is 0 Å². The maximum absolute atomic E-state index is 11.8. The number of carbonyl (C=O) groups excluding carboxylic acids is 1. The van der Waals surface area contributed by atoms with Crippen LogP contribution in [-0.4, -0.2) is 30.1 Å². The van der Waals surface area contributed by atoms with E-state index >= 15 is 0 Å². The summed E-state index contributed by atoms with van der Waals surface area (Å²) in [6, 6.07) is 0. The first-order valence-electron chi connectivity index (χ1n) is 2.65. The van der Waals surface area contributed by atoms with Crippen molar-refractivity contribution in [3.8, 4) is 0 Å². The molecule has 0 aromatic heterocycles. The molecule has 0 saturated carbocycles. The summed E-state index contributed by atoms with van der Waals surface area (Å²) in [6.07, 6.45) is -5.08. The van der Waals surface area contributed by atoms with Crippen LogP contribution >= 0.6 is 0 Å². The van der Waals surface area contributed by atoms with Gasteiger partial charge in [-0.3, -0.25) is 4.79 Å². The van der Waals surface area contributed by atoms with Crippen LogP contribution in [0, 0.1) is 0 Å². The first-order chi connectivity index (χ1) is 5.05. The van der Waals surface area contributed by atoms with Crippen molar-refractivity contribution in [1.82, 2.24) is 10.3 Å². The molecule has 11 heavy (non-hydrogen) atoms.